The van der Waals surface area contributed by atoms with Crippen molar-refractivity contribution in [3.8, 4) is 0 Å². The molecule has 2 saturated heterocycles. The molecular weight excluding hydrogens is 1120 g/mol. The number of hydrogen-bond donors (Lipinski definition) is 0. The Morgan fingerprint density at radius 3 is 0.728 bits per heavy atom. The highest BCUT2D eigenvalue weighted by atomic mass is 16.7. The first-order chi connectivity index (χ1) is 45.4. The molecule has 6 nitrogen and oxygen atoms in total. The molecular formula is C86H162N2O4. The van der Waals surface area contributed by atoms with Gasteiger partial charge in [0.1, 0.15) is 0 Å². The van der Waals surface area contributed by atoms with Crippen LogP contribution in [0.1, 0.15) is 413 Å². The summed E-state index contributed by atoms with van der Waals surface area (Å²) in [5.41, 5.74) is 0. The van der Waals surface area contributed by atoms with Gasteiger partial charge in [-0.15, -0.1) is 0 Å². The van der Waals surface area contributed by atoms with Gasteiger partial charge in [-0.2, -0.15) is 0 Å². The number of nitrogens with zero attached hydrogens (tertiary/aromatic N) is 2. The number of unbranched alkanes of at least 4 members (excludes halogenated alkanes) is 45. The molecule has 2 heterocycles. The van der Waals surface area contributed by atoms with Crippen molar-refractivity contribution in [2.75, 3.05) is 53.5 Å². The molecule has 4 atom stereocenters. The second kappa shape index (κ2) is 66.7. The van der Waals surface area contributed by atoms with Gasteiger partial charge >= 0.3 is 0 Å². The molecule has 0 aromatic heterocycles. The van der Waals surface area contributed by atoms with Crippen LogP contribution in [0.4, 0.5) is 0 Å². The van der Waals surface area contributed by atoms with Crippen LogP contribution in [-0.2, 0) is 18.9 Å². The normalized spacial score (nSPS) is 19.0. The zero-order chi connectivity index (χ0) is 65.9. The molecule has 0 saturated carbocycles. The zero-order valence-electron chi connectivity index (χ0n) is 63.1. The van der Waals surface area contributed by atoms with Crippen molar-refractivity contribution in [1.29, 1.82) is 0 Å². The number of allylic oxidation sites excluding steroid dienone is 10. The Hall–Kier alpha value is -1.54. The van der Waals surface area contributed by atoms with Gasteiger partial charge in [0, 0.05) is 51.9 Å². The summed E-state index contributed by atoms with van der Waals surface area (Å²) in [7, 11) is 4.62. The molecule has 92 heavy (non-hydrogen) atoms. The van der Waals surface area contributed by atoms with Crippen molar-refractivity contribution in [2.24, 2.45) is 0 Å². The largest absolute Gasteiger partial charge is 0.347 e. The molecule has 6 heteroatoms. The van der Waals surface area contributed by atoms with Gasteiger partial charge in [0.15, 0.2) is 11.6 Å². The minimum Gasteiger partial charge on any atom is -0.347 e. The molecule has 0 aromatic carbocycles. The minimum atomic E-state index is -0.378. The first-order valence-corrected chi connectivity index (χ1v) is 41.6. The summed E-state index contributed by atoms with van der Waals surface area (Å²) in [6.45, 7) is 14.9. The number of rotatable bonds is 72. The van der Waals surface area contributed by atoms with Gasteiger partial charge in [-0.25, -0.2) is 0 Å². The van der Waals surface area contributed by atoms with E-state index in [0.29, 0.717) is 0 Å². The average Bonchev–Trinajstić information content (AvgIpc) is 1.77. The summed E-state index contributed by atoms with van der Waals surface area (Å²) in [6, 6.07) is 0. The molecule has 2 aliphatic rings. The maximum absolute atomic E-state index is 7.04. The van der Waals surface area contributed by atoms with Gasteiger partial charge in [-0.3, -0.25) is 0 Å². The van der Waals surface area contributed by atoms with Crippen LogP contribution in [0.3, 0.4) is 0 Å². The maximum atomic E-state index is 7.04. The summed E-state index contributed by atoms with van der Waals surface area (Å²) in [4.78, 5) is 5.05. The number of likely N-dealkylation sites (N-methyl/N-ethyl adjacent to an activating group) is 2. The van der Waals surface area contributed by atoms with Crippen LogP contribution in [-0.4, -0.2) is 87.1 Å². The fraction of sp³-hybridized carbons (Fsp3) is 0.884. The van der Waals surface area contributed by atoms with E-state index in [9.17, 15) is 0 Å². The first-order valence-electron chi connectivity index (χ1n) is 41.6. The Morgan fingerprint density at radius 1 is 0.261 bits per heavy atom. The Labute approximate surface area is 576 Å². The molecule has 0 spiro atoms. The topological polar surface area (TPSA) is 43.4 Å². The fourth-order valence-electron chi connectivity index (χ4n) is 13.9. The van der Waals surface area contributed by atoms with Gasteiger partial charge in [-0.05, 0) is 143 Å². The van der Waals surface area contributed by atoms with Crippen LogP contribution in [0.25, 0.3) is 0 Å². The fourth-order valence-corrected chi connectivity index (χ4v) is 13.9. The molecule has 0 N–H and O–H groups in total. The molecule has 0 aromatic rings. The monoisotopic (exact) mass is 1290 g/mol. The van der Waals surface area contributed by atoms with E-state index in [-0.39, 0.29) is 23.8 Å². The number of ether oxygens (including phenoxy) is 4. The highest BCUT2D eigenvalue weighted by Crippen LogP contribution is 2.37. The third-order valence-corrected chi connectivity index (χ3v) is 20.4. The van der Waals surface area contributed by atoms with E-state index in [1.165, 1.54) is 334 Å². The van der Waals surface area contributed by atoms with Crippen molar-refractivity contribution < 1.29 is 18.9 Å². The van der Waals surface area contributed by atoms with Gasteiger partial charge in [0.2, 0.25) is 0 Å². The van der Waals surface area contributed by atoms with E-state index in [1.54, 1.807) is 0 Å². The lowest BCUT2D eigenvalue weighted by molar-refractivity contribution is -0.180. The predicted molar refractivity (Wildman–Crippen MR) is 408 cm³/mol. The quantitative estimate of drug-likeness (QED) is 0.0447. The van der Waals surface area contributed by atoms with Crippen molar-refractivity contribution in [1.82, 2.24) is 9.80 Å². The van der Waals surface area contributed by atoms with Crippen LogP contribution in [0.15, 0.2) is 60.8 Å². The SMILES string of the molecule is CCCCCC=CCC=CCCCCCCCCC1(CCCCCCCCC=CCCCCCCCC)OCC(CCN(C)CCN(C)CCC2COC(CCCCCCCCC=CCC=CCCCCC)(CCCCCCCCCCCCCCCCCC)O2)O1. The van der Waals surface area contributed by atoms with Crippen LogP contribution in [0, 0.1) is 0 Å². The minimum absolute atomic E-state index is 0.197. The van der Waals surface area contributed by atoms with E-state index in [1.807, 2.05) is 0 Å². The van der Waals surface area contributed by atoms with Gasteiger partial charge in [-0.1, -0.05) is 320 Å². The Morgan fingerprint density at radius 2 is 0.467 bits per heavy atom. The second-order valence-corrected chi connectivity index (χ2v) is 29.5. The first kappa shape index (κ1) is 86.5. The third kappa shape index (κ3) is 54.5. The Kier molecular flexibility index (Phi) is 62.7. The molecule has 2 rings (SSSR count). The average molecular weight is 1290 g/mol. The lowest BCUT2D eigenvalue weighted by atomic mass is 9.98. The molecule has 540 valence electrons. The summed E-state index contributed by atoms with van der Waals surface area (Å²) in [6.07, 6.45) is 103. The smallest absolute Gasteiger partial charge is 0.168 e. The highest BCUT2D eigenvalue weighted by Gasteiger charge is 2.41. The molecule has 4 unspecified atom stereocenters. The predicted octanol–water partition coefficient (Wildman–Crippen LogP) is 27.3. The van der Waals surface area contributed by atoms with E-state index in [0.717, 1.165) is 90.8 Å². The van der Waals surface area contributed by atoms with Crippen LogP contribution in [0.2, 0.25) is 0 Å². The summed E-state index contributed by atoms with van der Waals surface area (Å²) in [5, 5.41) is 0. The third-order valence-electron chi connectivity index (χ3n) is 20.4. The molecule has 0 bridgehead atoms. The Balaban J connectivity index is 1.78. The van der Waals surface area contributed by atoms with Crippen LogP contribution < -0.4 is 0 Å². The summed E-state index contributed by atoms with van der Waals surface area (Å²) in [5.74, 6) is -0.748. The van der Waals surface area contributed by atoms with Gasteiger partial charge in [0.25, 0.3) is 0 Å². The van der Waals surface area contributed by atoms with Crippen LogP contribution in [0.5, 0.6) is 0 Å². The van der Waals surface area contributed by atoms with Crippen LogP contribution >= 0.6 is 0 Å². The van der Waals surface area contributed by atoms with E-state index in [4.69, 9.17) is 18.9 Å². The molecule has 0 aliphatic carbocycles. The lowest BCUT2D eigenvalue weighted by Gasteiger charge is -2.29. The van der Waals surface area contributed by atoms with E-state index >= 15 is 0 Å². The molecule has 2 aliphatic heterocycles. The van der Waals surface area contributed by atoms with Crippen molar-refractivity contribution >= 4 is 0 Å². The zero-order valence-corrected chi connectivity index (χ0v) is 63.1. The molecule has 0 radical (unpaired) electrons. The maximum Gasteiger partial charge on any atom is 0.168 e. The number of hydrogen-bond acceptors (Lipinski definition) is 6. The standard InChI is InChI=1S/C86H162N2O4/c1-7-11-15-19-23-27-31-35-39-43-47-51-55-59-63-67-73-85(74-68-64-60-56-52-48-44-40-36-32-28-24-20-16-12-8-2)89-81-83(91-85)71-77-87(5)79-80-88(6)78-72-84-82-90-86(92-84,75-69-65-61-57-53-49-45-41-37-33-29-25-21-17-13-9-3)76-70-66-62-58-54-50-46-42-38-34-30-26-22-18-14-10-4/h23,25,27,29,35-37,39-41,83-84H,7-22,24,26,28,30-34,38,42-82H2,1-6H3. The lowest BCUT2D eigenvalue weighted by Crippen LogP contribution is -2.35. The van der Waals surface area contributed by atoms with Crippen molar-refractivity contribution in [2.45, 2.75) is 437 Å². The van der Waals surface area contributed by atoms with Gasteiger partial charge < -0.3 is 28.7 Å². The van der Waals surface area contributed by atoms with Crippen molar-refractivity contribution in [3.63, 3.8) is 0 Å². The highest BCUT2D eigenvalue weighted by molar-refractivity contribution is 4.94. The van der Waals surface area contributed by atoms with E-state index < -0.39 is 0 Å². The van der Waals surface area contributed by atoms with E-state index in [2.05, 4.69) is 112 Å². The summed E-state index contributed by atoms with van der Waals surface area (Å²) < 4.78 is 27.6. The second-order valence-electron chi connectivity index (χ2n) is 29.5. The molecule has 0 amide bonds. The summed E-state index contributed by atoms with van der Waals surface area (Å²) >= 11 is 0. The Bertz CT molecular complexity index is 1660. The van der Waals surface area contributed by atoms with Gasteiger partial charge in [0.05, 0.1) is 25.4 Å². The molecule has 2 fully saturated rings. The van der Waals surface area contributed by atoms with Crippen molar-refractivity contribution in [3.05, 3.63) is 60.8 Å².